The maximum atomic E-state index is 10.5. The van der Waals surface area contributed by atoms with E-state index in [4.69, 9.17) is 9.84 Å². The third-order valence-corrected chi connectivity index (χ3v) is 1.65. The van der Waals surface area contributed by atoms with E-state index >= 15 is 0 Å². The van der Waals surface area contributed by atoms with Crippen molar-refractivity contribution >= 4 is 11.9 Å². The molecular weight excluding hydrogens is 148 g/mol. The normalized spacial score (nSPS) is 27.9. The van der Waals surface area contributed by atoms with E-state index in [0.717, 1.165) is 0 Å². The lowest BCUT2D eigenvalue weighted by molar-refractivity contribution is -0.151. The van der Waals surface area contributed by atoms with Crippen LogP contribution in [0.4, 0.5) is 0 Å². The summed E-state index contributed by atoms with van der Waals surface area (Å²) in [5.41, 5.74) is -1.12. The fourth-order valence-corrected chi connectivity index (χ4v) is 0.974. The molecule has 0 aromatic heterocycles. The van der Waals surface area contributed by atoms with Gasteiger partial charge in [0.1, 0.15) is 5.94 Å². The Morgan fingerprint density at radius 3 is 2.82 bits per heavy atom. The number of carboxylic acid groups (broad SMARTS) is 1. The zero-order valence-corrected chi connectivity index (χ0v) is 6.09. The van der Waals surface area contributed by atoms with Crippen LogP contribution in [0, 0.1) is 0 Å². The lowest BCUT2D eigenvalue weighted by Gasteiger charge is -2.06. The van der Waals surface area contributed by atoms with Gasteiger partial charge in [-0.05, 0) is 6.92 Å². The quantitative estimate of drug-likeness (QED) is 0.584. The van der Waals surface area contributed by atoms with E-state index in [0.29, 0.717) is 0 Å². The summed E-state index contributed by atoms with van der Waals surface area (Å²) in [4.78, 5) is 20.6. The molecule has 0 aromatic rings. The standard InChI is InChI=1S/C7H8O4/c1-2-11-7(6(9)10)3-5(7)4-8/h2-3H2,1H3,(H,9,10). The van der Waals surface area contributed by atoms with Crippen LogP contribution in [0.3, 0.4) is 0 Å². The van der Waals surface area contributed by atoms with Gasteiger partial charge in [0.05, 0.1) is 5.57 Å². The molecule has 1 N–H and O–H groups in total. The van der Waals surface area contributed by atoms with Crippen molar-refractivity contribution in [2.75, 3.05) is 6.61 Å². The van der Waals surface area contributed by atoms with Crippen LogP contribution >= 0.6 is 0 Å². The summed E-state index contributed by atoms with van der Waals surface area (Å²) in [5.74, 6) is 0.457. The maximum Gasteiger partial charge on any atom is 0.341 e. The summed E-state index contributed by atoms with van der Waals surface area (Å²) in [7, 11) is 0. The summed E-state index contributed by atoms with van der Waals surface area (Å²) in [6.07, 6.45) is 0.180. The number of ether oxygens (including phenoxy) is 1. The zero-order chi connectivity index (χ0) is 8.48. The molecule has 11 heavy (non-hydrogen) atoms. The molecule has 1 fully saturated rings. The Kier molecular flexibility index (Phi) is 1.81. The van der Waals surface area contributed by atoms with Gasteiger partial charge in [0.25, 0.3) is 0 Å². The van der Waals surface area contributed by atoms with Crippen LogP contribution in [0.15, 0.2) is 5.57 Å². The Hall–Kier alpha value is -1.12. The number of hydrogen-bond donors (Lipinski definition) is 1. The summed E-state index contributed by atoms with van der Waals surface area (Å²) in [6.45, 7) is 1.98. The second-order valence-electron chi connectivity index (χ2n) is 2.32. The molecule has 1 aliphatic carbocycles. The molecule has 4 nitrogen and oxygen atoms in total. The number of carbonyl (C=O) groups is 1. The van der Waals surface area contributed by atoms with E-state index in [2.05, 4.69) is 0 Å². The van der Waals surface area contributed by atoms with Crippen LogP contribution in [0.5, 0.6) is 0 Å². The molecule has 1 aliphatic rings. The van der Waals surface area contributed by atoms with Crippen molar-refractivity contribution in [2.24, 2.45) is 0 Å². The molecule has 0 radical (unpaired) electrons. The van der Waals surface area contributed by atoms with Gasteiger partial charge in [-0.15, -0.1) is 0 Å². The second-order valence-corrected chi connectivity index (χ2v) is 2.32. The number of carboxylic acids is 1. The minimum absolute atomic E-state index is 0.180. The van der Waals surface area contributed by atoms with E-state index in [1.807, 2.05) is 0 Å². The van der Waals surface area contributed by atoms with E-state index in [-0.39, 0.29) is 18.6 Å². The molecule has 60 valence electrons. The Bertz CT molecular complexity index is 239. The third-order valence-electron chi connectivity index (χ3n) is 1.65. The molecule has 0 amide bonds. The van der Waals surface area contributed by atoms with Gasteiger partial charge >= 0.3 is 5.97 Å². The molecule has 1 saturated carbocycles. The van der Waals surface area contributed by atoms with Gasteiger partial charge in [0, 0.05) is 13.0 Å². The Balaban J connectivity index is 2.79. The molecule has 1 unspecified atom stereocenters. The first-order valence-electron chi connectivity index (χ1n) is 3.29. The third kappa shape index (κ3) is 1.06. The molecule has 1 atom stereocenters. The average Bonchev–Trinajstić information content (AvgIpc) is 2.65. The molecule has 0 bridgehead atoms. The van der Waals surface area contributed by atoms with Gasteiger partial charge in [-0.3, -0.25) is 0 Å². The summed E-state index contributed by atoms with van der Waals surface area (Å²) in [5, 5.41) is 8.61. The highest BCUT2D eigenvalue weighted by Crippen LogP contribution is 2.44. The highest BCUT2D eigenvalue weighted by atomic mass is 16.5. The van der Waals surface area contributed by atoms with Gasteiger partial charge in [-0.1, -0.05) is 0 Å². The van der Waals surface area contributed by atoms with Crippen molar-refractivity contribution in [2.45, 2.75) is 18.9 Å². The Labute approximate surface area is 63.5 Å². The van der Waals surface area contributed by atoms with Gasteiger partial charge in [-0.25, -0.2) is 9.59 Å². The summed E-state index contributed by atoms with van der Waals surface area (Å²) < 4.78 is 4.91. The van der Waals surface area contributed by atoms with Crippen molar-refractivity contribution in [1.29, 1.82) is 0 Å². The number of carbonyl (C=O) groups excluding carboxylic acids is 1. The zero-order valence-electron chi connectivity index (χ0n) is 6.09. The van der Waals surface area contributed by atoms with E-state index in [1.165, 1.54) is 0 Å². The van der Waals surface area contributed by atoms with Crippen molar-refractivity contribution in [1.82, 2.24) is 0 Å². The number of rotatable bonds is 3. The molecule has 1 rings (SSSR count). The fraction of sp³-hybridized carbons (Fsp3) is 0.571. The lowest BCUT2D eigenvalue weighted by Crippen LogP contribution is -2.26. The predicted molar refractivity (Wildman–Crippen MR) is 35.8 cm³/mol. The van der Waals surface area contributed by atoms with Crippen LogP contribution in [0.2, 0.25) is 0 Å². The summed E-state index contributed by atoms with van der Waals surface area (Å²) >= 11 is 0. The van der Waals surface area contributed by atoms with E-state index in [1.54, 1.807) is 12.9 Å². The summed E-state index contributed by atoms with van der Waals surface area (Å²) in [6, 6.07) is 0. The minimum Gasteiger partial charge on any atom is -0.479 e. The average molecular weight is 156 g/mol. The van der Waals surface area contributed by atoms with Crippen LogP contribution in [0.1, 0.15) is 13.3 Å². The minimum atomic E-state index is -1.32. The van der Waals surface area contributed by atoms with Gasteiger partial charge in [0.2, 0.25) is 5.60 Å². The van der Waals surface area contributed by atoms with Crippen molar-refractivity contribution < 1.29 is 19.4 Å². The van der Waals surface area contributed by atoms with Crippen molar-refractivity contribution in [3.8, 4) is 0 Å². The largest absolute Gasteiger partial charge is 0.479 e. The van der Waals surface area contributed by atoms with Gasteiger partial charge in [0.15, 0.2) is 0 Å². The fourth-order valence-electron chi connectivity index (χ4n) is 0.974. The monoisotopic (exact) mass is 156 g/mol. The first kappa shape index (κ1) is 7.98. The van der Waals surface area contributed by atoms with Crippen LogP contribution in [-0.4, -0.2) is 29.2 Å². The Morgan fingerprint density at radius 2 is 2.55 bits per heavy atom. The first-order chi connectivity index (χ1) is 5.17. The topological polar surface area (TPSA) is 63.6 Å². The van der Waals surface area contributed by atoms with Gasteiger partial charge in [-0.2, -0.15) is 0 Å². The first-order valence-corrected chi connectivity index (χ1v) is 3.29. The number of aliphatic carboxylic acids is 1. The lowest BCUT2D eigenvalue weighted by atomic mass is 10.3. The van der Waals surface area contributed by atoms with E-state index < -0.39 is 11.6 Å². The number of hydrogen-bond acceptors (Lipinski definition) is 3. The molecule has 0 spiro atoms. The smallest absolute Gasteiger partial charge is 0.341 e. The SMILES string of the molecule is CCOC1(C(=O)O)CC1=C=O. The van der Waals surface area contributed by atoms with Crippen LogP contribution in [0.25, 0.3) is 0 Å². The molecule has 0 heterocycles. The second kappa shape index (κ2) is 2.49. The predicted octanol–water partition coefficient (Wildman–Crippen LogP) is 0.00800. The Morgan fingerprint density at radius 1 is 1.91 bits per heavy atom. The van der Waals surface area contributed by atoms with Crippen molar-refractivity contribution in [3.05, 3.63) is 5.57 Å². The van der Waals surface area contributed by atoms with E-state index in [9.17, 15) is 9.59 Å². The van der Waals surface area contributed by atoms with Crippen LogP contribution in [-0.2, 0) is 14.3 Å². The molecular formula is C7H8O4. The maximum absolute atomic E-state index is 10.5. The van der Waals surface area contributed by atoms with Crippen LogP contribution < -0.4 is 0 Å². The van der Waals surface area contributed by atoms with Gasteiger partial charge < -0.3 is 9.84 Å². The highest BCUT2D eigenvalue weighted by Gasteiger charge is 2.59. The van der Waals surface area contributed by atoms with Crippen molar-refractivity contribution in [3.63, 3.8) is 0 Å². The molecule has 4 heteroatoms. The molecule has 0 aromatic carbocycles. The molecule has 0 saturated heterocycles. The molecule has 0 aliphatic heterocycles. The highest BCUT2D eigenvalue weighted by molar-refractivity contribution is 5.93.